The second-order valence-corrected chi connectivity index (χ2v) is 11.9. The number of terminal acetylenes is 1. The number of hydrogen-bond acceptors (Lipinski definition) is 7. The van der Waals surface area contributed by atoms with Crippen LogP contribution in [0.25, 0.3) is 22.3 Å². The molecule has 1 saturated heterocycles. The van der Waals surface area contributed by atoms with Crippen LogP contribution in [0.2, 0.25) is 0 Å². The Hall–Kier alpha value is -3.21. The molecule has 0 bridgehead atoms. The van der Waals surface area contributed by atoms with Gasteiger partial charge in [-0.2, -0.15) is 0 Å². The maximum absolute atomic E-state index is 15.0. The summed E-state index contributed by atoms with van der Waals surface area (Å²) in [5.74, 6) is 2.40. The van der Waals surface area contributed by atoms with E-state index in [1.54, 1.807) is 6.07 Å². The van der Waals surface area contributed by atoms with E-state index in [1.165, 1.54) is 24.5 Å². The number of anilines is 2. The van der Waals surface area contributed by atoms with Gasteiger partial charge >= 0.3 is 0 Å². The predicted molar refractivity (Wildman–Crippen MR) is 164 cm³/mol. The normalized spacial score (nSPS) is 17.7. The molecule has 5 heterocycles. The van der Waals surface area contributed by atoms with E-state index in [0.717, 1.165) is 44.5 Å². The summed E-state index contributed by atoms with van der Waals surface area (Å²) in [5.41, 5.74) is 3.40. The molecule has 0 radical (unpaired) electrons. The quantitative estimate of drug-likeness (QED) is 0.205. The lowest BCUT2D eigenvalue weighted by Crippen LogP contribution is -2.42. The zero-order valence-corrected chi connectivity index (χ0v) is 25.2. The van der Waals surface area contributed by atoms with Crippen molar-refractivity contribution in [3.8, 4) is 23.6 Å². The number of nitrogens with one attached hydrogen (secondary N) is 1. The van der Waals surface area contributed by atoms with Gasteiger partial charge in [0.1, 0.15) is 17.0 Å². The van der Waals surface area contributed by atoms with Crippen LogP contribution in [-0.2, 0) is 13.0 Å². The molecule has 2 aliphatic rings. The SMILES string of the molecule is C#CCN1CCCC1CN1CCc2nc(Nc3ncc(F)c(-c4cc(F)c5nc(I)n(C(C)C)c5c4)n3)ccc2C1. The maximum atomic E-state index is 15.0. The van der Waals surface area contributed by atoms with Crippen LogP contribution in [0, 0.1) is 27.8 Å². The van der Waals surface area contributed by atoms with Gasteiger partial charge < -0.3 is 9.88 Å². The van der Waals surface area contributed by atoms with Gasteiger partial charge in [-0.3, -0.25) is 9.80 Å². The van der Waals surface area contributed by atoms with Gasteiger partial charge in [0.25, 0.3) is 0 Å². The second-order valence-electron chi connectivity index (χ2n) is 10.9. The first kappa shape index (κ1) is 27.9. The lowest BCUT2D eigenvalue weighted by molar-refractivity contribution is 0.171. The van der Waals surface area contributed by atoms with Gasteiger partial charge in [-0.25, -0.2) is 28.7 Å². The summed E-state index contributed by atoms with van der Waals surface area (Å²) in [7, 11) is 0. The Balaban J connectivity index is 1.20. The molecule has 8 nitrogen and oxygen atoms in total. The highest BCUT2D eigenvalue weighted by Crippen LogP contribution is 2.31. The van der Waals surface area contributed by atoms with Gasteiger partial charge in [0.15, 0.2) is 15.5 Å². The average molecular weight is 669 g/mol. The number of halogens is 3. The second kappa shape index (κ2) is 11.6. The number of imidazole rings is 1. The van der Waals surface area contributed by atoms with Crippen molar-refractivity contribution in [2.24, 2.45) is 0 Å². The molecule has 2 aliphatic heterocycles. The Morgan fingerprint density at radius 2 is 2.00 bits per heavy atom. The summed E-state index contributed by atoms with van der Waals surface area (Å²) in [5, 5.41) is 3.12. The van der Waals surface area contributed by atoms with E-state index in [9.17, 15) is 4.39 Å². The zero-order valence-electron chi connectivity index (χ0n) is 23.0. The Kier molecular flexibility index (Phi) is 7.89. The molecule has 0 amide bonds. The maximum Gasteiger partial charge on any atom is 0.229 e. The van der Waals surface area contributed by atoms with E-state index in [-0.39, 0.29) is 23.2 Å². The summed E-state index contributed by atoms with van der Waals surface area (Å²) in [6, 6.07) is 7.53. The van der Waals surface area contributed by atoms with Crippen LogP contribution in [0.3, 0.4) is 0 Å². The van der Waals surface area contributed by atoms with E-state index >= 15 is 4.39 Å². The summed E-state index contributed by atoms with van der Waals surface area (Å²) in [6.07, 6.45) is 9.88. The molecule has 3 aromatic heterocycles. The van der Waals surface area contributed by atoms with Crippen molar-refractivity contribution in [1.82, 2.24) is 34.3 Å². The number of fused-ring (bicyclic) bond motifs is 2. The van der Waals surface area contributed by atoms with Gasteiger partial charge in [0.05, 0.1) is 18.3 Å². The molecule has 6 rings (SSSR count). The number of nitrogens with zero attached hydrogens (tertiary/aromatic N) is 7. The van der Waals surface area contributed by atoms with Crippen molar-refractivity contribution in [2.75, 3.05) is 31.5 Å². The number of aromatic nitrogens is 5. The van der Waals surface area contributed by atoms with Crippen molar-refractivity contribution in [2.45, 2.75) is 51.7 Å². The Morgan fingerprint density at radius 3 is 2.80 bits per heavy atom. The van der Waals surface area contributed by atoms with Gasteiger partial charge in [-0.15, -0.1) is 6.42 Å². The number of benzene rings is 1. The van der Waals surface area contributed by atoms with Crippen LogP contribution in [0.4, 0.5) is 20.5 Å². The molecule has 0 saturated carbocycles. The fraction of sp³-hybridized carbons (Fsp3) is 0.400. The summed E-state index contributed by atoms with van der Waals surface area (Å²) < 4.78 is 32.6. The van der Waals surface area contributed by atoms with Crippen LogP contribution < -0.4 is 5.32 Å². The number of rotatable bonds is 7. The van der Waals surface area contributed by atoms with Gasteiger partial charge in [0, 0.05) is 49.4 Å². The van der Waals surface area contributed by atoms with Crippen LogP contribution in [0.5, 0.6) is 0 Å². The van der Waals surface area contributed by atoms with E-state index in [1.807, 2.05) is 24.5 Å². The molecule has 0 spiro atoms. The number of pyridine rings is 1. The number of likely N-dealkylation sites (tertiary alicyclic amines) is 1. The monoisotopic (exact) mass is 668 g/mol. The fourth-order valence-corrected chi connectivity index (χ4v) is 6.98. The van der Waals surface area contributed by atoms with Crippen molar-refractivity contribution in [1.29, 1.82) is 0 Å². The van der Waals surface area contributed by atoms with Crippen molar-refractivity contribution in [3.63, 3.8) is 0 Å². The highest BCUT2D eigenvalue weighted by atomic mass is 127. The van der Waals surface area contributed by atoms with E-state index in [4.69, 9.17) is 11.4 Å². The minimum atomic E-state index is -0.638. The first-order valence-electron chi connectivity index (χ1n) is 13.9. The van der Waals surface area contributed by atoms with E-state index < -0.39 is 11.6 Å². The van der Waals surface area contributed by atoms with E-state index in [0.29, 0.717) is 33.3 Å². The molecule has 1 unspecified atom stereocenters. The van der Waals surface area contributed by atoms with Crippen molar-refractivity contribution >= 4 is 45.4 Å². The Labute approximate surface area is 251 Å². The molecule has 1 atom stereocenters. The Bertz CT molecular complexity index is 1650. The van der Waals surface area contributed by atoms with Crippen LogP contribution >= 0.6 is 22.6 Å². The summed E-state index contributed by atoms with van der Waals surface area (Å²) in [6.45, 7) is 8.57. The van der Waals surface area contributed by atoms with Crippen molar-refractivity contribution < 1.29 is 8.78 Å². The molecular weight excluding hydrogens is 637 g/mol. The zero-order chi connectivity index (χ0) is 28.7. The third-order valence-electron chi connectivity index (χ3n) is 7.87. The van der Waals surface area contributed by atoms with Crippen molar-refractivity contribution in [3.05, 3.63) is 57.2 Å². The first-order chi connectivity index (χ1) is 19.8. The third kappa shape index (κ3) is 5.65. The van der Waals surface area contributed by atoms with Crippen LogP contribution in [-0.4, -0.2) is 66.5 Å². The van der Waals surface area contributed by atoms with E-state index in [2.05, 4.69) is 64.6 Å². The Morgan fingerprint density at radius 1 is 1.15 bits per heavy atom. The molecular formula is C30H31F2IN8. The fourth-order valence-electron chi connectivity index (χ4n) is 5.92. The minimum absolute atomic E-state index is 0.00853. The largest absolute Gasteiger partial charge is 0.317 e. The first-order valence-corrected chi connectivity index (χ1v) is 14.9. The molecule has 1 aromatic carbocycles. The molecule has 41 heavy (non-hydrogen) atoms. The lowest BCUT2D eigenvalue weighted by Gasteiger charge is -2.33. The topological polar surface area (TPSA) is 75.0 Å². The third-order valence-corrected chi connectivity index (χ3v) is 8.63. The standard InChI is InChI=1S/C30H31F2IN8/c1-4-10-40-11-5-6-21(40)17-39-12-9-24-19(16-39)7-8-26(35-24)36-30-34-15-23(32)27(38-30)20-13-22(31)28-25(14-20)41(18(2)3)29(33)37-28/h1,7-8,13-15,18,21H,5-6,9-12,16-17H2,2-3H3,(H,34,35,36,38). The summed E-state index contributed by atoms with van der Waals surface area (Å²) in [4.78, 5) is 22.6. The molecule has 0 aliphatic carbocycles. The minimum Gasteiger partial charge on any atom is -0.317 e. The highest BCUT2D eigenvalue weighted by molar-refractivity contribution is 14.1. The molecule has 1 N–H and O–H groups in total. The number of hydrogen-bond donors (Lipinski definition) is 1. The predicted octanol–water partition coefficient (Wildman–Crippen LogP) is 5.55. The average Bonchev–Trinajstić information content (AvgIpc) is 3.53. The van der Waals surface area contributed by atoms with Gasteiger partial charge in [-0.05, 0) is 79.6 Å². The lowest BCUT2D eigenvalue weighted by atomic mass is 10.0. The molecule has 1 fully saturated rings. The van der Waals surface area contributed by atoms with Gasteiger partial charge in [0.2, 0.25) is 5.95 Å². The van der Waals surface area contributed by atoms with Crippen LogP contribution in [0.1, 0.15) is 44.0 Å². The van der Waals surface area contributed by atoms with Crippen LogP contribution in [0.15, 0.2) is 30.5 Å². The summed E-state index contributed by atoms with van der Waals surface area (Å²) >= 11 is 2.08. The highest BCUT2D eigenvalue weighted by Gasteiger charge is 2.28. The molecule has 212 valence electrons. The smallest absolute Gasteiger partial charge is 0.229 e. The van der Waals surface area contributed by atoms with Gasteiger partial charge in [-0.1, -0.05) is 12.0 Å². The molecule has 11 heteroatoms. The molecule has 4 aromatic rings.